The molecule has 17 nitrogen and oxygen atoms in total. The van der Waals surface area contributed by atoms with Crippen LogP contribution in [-0.2, 0) is 65.4 Å². The molecule has 0 aromatic carbocycles. The van der Waals surface area contributed by atoms with E-state index in [1.807, 2.05) is 0 Å². The number of rotatable bonds is 69. The van der Waals surface area contributed by atoms with Crippen LogP contribution >= 0.6 is 15.6 Å². The number of esters is 4. The van der Waals surface area contributed by atoms with E-state index in [4.69, 9.17) is 37.0 Å². The zero-order chi connectivity index (χ0) is 64.9. The molecule has 0 saturated heterocycles. The molecule has 6 atom stereocenters. The molecule has 0 rings (SSSR count). The van der Waals surface area contributed by atoms with Gasteiger partial charge in [-0.1, -0.05) is 304 Å². The van der Waals surface area contributed by atoms with Crippen molar-refractivity contribution in [3.63, 3.8) is 0 Å². The van der Waals surface area contributed by atoms with Crippen LogP contribution in [0.4, 0.5) is 0 Å². The Kier molecular flexibility index (Phi) is 61.1. The molecular weight excluding hydrogens is 1160 g/mol. The minimum absolute atomic E-state index is 0.106. The summed E-state index contributed by atoms with van der Waals surface area (Å²) in [4.78, 5) is 72.5. The highest BCUT2D eigenvalue weighted by molar-refractivity contribution is 7.47. The van der Waals surface area contributed by atoms with E-state index in [1.54, 1.807) is 0 Å². The highest BCUT2D eigenvalue weighted by atomic mass is 31.2. The monoisotopic (exact) mass is 1300 g/mol. The first kappa shape index (κ1) is 86.1. The minimum atomic E-state index is -4.95. The Balaban J connectivity index is 5.25. The first-order chi connectivity index (χ1) is 42.6. The molecule has 88 heavy (non-hydrogen) atoms. The largest absolute Gasteiger partial charge is 0.472 e. The lowest BCUT2D eigenvalue weighted by atomic mass is 10.00. The Labute approximate surface area is 537 Å². The molecule has 0 aliphatic rings. The molecule has 0 aliphatic heterocycles. The van der Waals surface area contributed by atoms with Crippen LogP contribution in [0.15, 0.2) is 0 Å². The van der Waals surface area contributed by atoms with Crippen molar-refractivity contribution in [1.29, 1.82) is 0 Å². The Morgan fingerprint density at radius 2 is 0.545 bits per heavy atom. The Morgan fingerprint density at radius 1 is 0.318 bits per heavy atom. The molecule has 0 aliphatic carbocycles. The van der Waals surface area contributed by atoms with Gasteiger partial charge in [0.25, 0.3) is 0 Å². The lowest BCUT2D eigenvalue weighted by molar-refractivity contribution is -0.161. The van der Waals surface area contributed by atoms with Gasteiger partial charge >= 0.3 is 39.5 Å². The molecule has 3 N–H and O–H groups in total. The van der Waals surface area contributed by atoms with Crippen molar-refractivity contribution in [3.8, 4) is 0 Å². The molecule has 19 heteroatoms. The first-order valence-corrected chi connectivity index (χ1v) is 39.2. The molecule has 0 radical (unpaired) electrons. The van der Waals surface area contributed by atoms with E-state index in [9.17, 15) is 43.2 Å². The van der Waals surface area contributed by atoms with Crippen LogP contribution in [0.5, 0.6) is 0 Å². The Hall–Kier alpha value is -1.94. The molecule has 0 saturated carbocycles. The summed E-state index contributed by atoms with van der Waals surface area (Å²) in [5.41, 5.74) is 0. The third-order valence-corrected chi connectivity index (χ3v) is 18.3. The topological polar surface area (TPSA) is 237 Å². The van der Waals surface area contributed by atoms with E-state index in [0.717, 1.165) is 102 Å². The smallest absolute Gasteiger partial charge is 0.462 e. The second-order valence-corrected chi connectivity index (χ2v) is 28.1. The lowest BCUT2D eigenvalue weighted by Gasteiger charge is -2.21. The van der Waals surface area contributed by atoms with Crippen LogP contribution in [0.25, 0.3) is 0 Å². The molecular formula is C69H134O17P2. The van der Waals surface area contributed by atoms with Gasteiger partial charge < -0.3 is 33.8 Å². The van der Waals surface area contributed by atoms with Crippen LogP contribution in [0.2, 0.25) is 0 Å². The number of hydrogen-bond acceptors (Lipinski definition) is 15. The number of aliphatic hydroxyl groups is 1. The van der Waals surface area contributed by atoms with Crippen molar-refractivity contribution >= 4 is 39.5 Å². The fraction of sp³-hybridized carbons (Fsp3) is 0.942. The van der Waals surface area contributed by atoms with E-state index in [-0.39, 0.29) is 25.7 Å². The summed E-state index contributed by atoms with van der Waals surface area (Å²) in [5, 5.41) is 10.6. The fourth-order valence-corrected chi connectivity index (χ4v) is 12.0. The SMILES string of the molecule is CCCCCCCCCCCCCCCCC(=O)O[C@H](COC(=O)CCCCCCCCCCCCCCC)COP(=O)(O)OC[C@@H](O)COP(=O)(O)OC[C@@H](COC(=O)CCCCCCCCC(C)CC)OC(=O)CCCCCCCCCCCCC. The normalized spacial score (nSPS) is 14.4. The van der Waals surface area contributed by atoms with Crippen molar-refractivity contribution < 1.29 is 80.2 Å². The molecule has 0 aromatic heterocycles. The molecule has 522 valence electrons. The predicted molar refractivity (Wildman–Crippen MR) is 354 cm³/mol. The van der Waals surface area contributed by atoms with Gasteiger partial charge in [0.1, 0.15) is 19.3 Å². The predicted octanol–water partition coefficient (Wildman–Crippen LogP) is 19.7. The quantitative estimate of drug-likeness (QED) is 0.0222. The summed E-state index contributed by atoms with van der Waals surface area (Å²) in [6.07, 6.45) is 48.4. The summed E-state index contributed by atoms with van der Waals surface area (Å²) >= 11 is 0. The van der Waals surface area contributed by atoms with Crippen LogP contribution < -0.4 is 0 Å². The maximum absolute atomic E-state index is 13.0. The van der Waals surface area contributed by atoms with E-state index < -0.39 is 97.5 Å². The zero-order valence-corrected chi connectivity index (χ0v) is 58.6. The van der Waals surface area contributed by atoms with Gasteiger partial charge in [0, 0.05) is 25.7 Å². The van der Waals surface area contributed by atoms with Gasteiger partial charge in [-0.15, -0.1) is 0 Å². The number of hydrogen-bond donors (Lipinski definition) is 3. The van der Waals surface area contributed by atoms with E-state index in [0.29, 0.717) is 25.7 Å². The van der Waals surface area contributed by atoms with Crippen LogP contribution in [0.3, 0.4) is 0 Å². The summed E-state index contributed by atoms with van der Waals surface area (Å²) in [6.45, 7) is 7.20. The van der Waals surface area contributed by atoms with E-state index in [2.05, 4.69) is 34.6 Å². The molecule has 0 amide bonds. The average molecular weight is 1300 g/mol. The standard InChI is InChI=1S/C69H134O17P2/c1-6-10-13-16-19-22-25-27-29-32-35-38-45-50-55-69(74)85-64(58-79-66(71)52-47-42-36-33-31-28-26-23-20-17-14-11-7-2)60-83-87(75,76)81-56-63(70)57-82-88(77,78)84-61-65(59-80-67(72)53-48-43-40-39-41-46-51-62(5)9-4)86-68(73)54-49-44-37-34-30-24-21-18-15-12-8-3/h62-65,70H,6-61H2,1-5H3,(H,75,76)(H,77,78)/t62?,63-,64-,65-/m1/s1. The van der Waals surface area contributed by atoms with Crippen LogP contribution in [0.1, 0.15) is 356 Å². The van der Waals surface area contributed by atoms with Crippen LogP contribution in [0, 0.1) is 5.92 Å². The van der Waals surface area contributed by atoms with Crippen molar-refractivity contribution in [2.24, 2.45) is 5.92 Å². The Bertz CT molecular complexity index is 1710. The van der Waals surface area contributed by atoms with Gasteiger partial charge in [0.15, 0.2) is 12.2 Å². The highest BCUT2D eigenvalue weighted by Crippen LogP contribution is 2.45. The maximum atomic E-state index is 13.0. The number of ether oxygens (including phenoxy) is 4. The van der Waals surface area contributed by atoms with Crippen molar-refractivity contribution in [2.75, 3.05) is 39.6 Å². The highest BCUT2D eigenvalue weighted by Gasteiger charge is 2.30. The lowest BCUT2D eigenvalue weighted by Crippen LogP contribution is -2.30. The third-order valence-electron chi connectivity index (χ3n) is 16.4. The molecule has 0 aromatic rings. The van der Waals surface area contributed by atoms with Gasteiger partial charge in [-0.3, -0.25) is 37.3 Å². The molecule has 0 fully saturated rings. The number of carbonyl (C=O) groups excluding carboxylic acids is 4. The second kappa shape index (κ2) is 62.5. The number of carbonyl (C=O) groups is 4. The number of unbranched alkanes of at least 4 members (excludes halogenated alkanes) is 40. The van der Waals surface area contributed by atoms with Crippen molar-refractivity contribution in [1.82, 2.24) is 0 Å². The fourth-order valence-electron chi connectivity index (χ4n) is 10.4. The van der Waals surface area contributed by atoms with E-state index in [1.165, 1.54) is 173 Å². The van der Waals surface area contributed by atoms with Gasteiger partial charge in [-0.2, -0.15) is 0 Å². The Morgan fingerprint density at radius 3 is 0.807 bits per heavy atom. The van der Waals surface area contributed by atoms with Gasteiger partial charge in [-0.25, -0.2) is 9.13 Å². The van der Waals surface area contributed by atoms with Crippen molar-refractivity contribution in [2.45, 2.75) is 374 Å². The number of aliphatic hydroxyl groups excluding tert-OH is 1. The average Bonchev–Trinajstić information content (AvgIpc) is 3.52. The summed E-state index contributed by atoms with van der Waals surface area (Å²) < 4.78 is 68.2. The third kappa shape index (κ3) is 61.6. The number of phosphoric acid groups is 2. The molecule has 0 heterocycles. The van der Waals surface area contributed by atoms with Gasteiger partial charge in [0.2, 0.25) is 0 Å². The maximum Gasteiger partial charge on any atom is 0.472 e. The summed E-state index contributed by atoms with van der Waals surface area (Å²) in [6, 6.07) is 0. The van der Waals surface area contributed by atoms with Crippen molar-refractivity contribution in [3.05, 3.63) is 0 Å². The molecule has 0 spiro atoms. The van der Waals surface area contributed by atoms with Gasteiger partial charge in [0.05, 0.1) is 26.4 Å². The molecule has 3 unspecified atom stereocenters. The minimum Gasteiger partial charge on any atom is -0.462 e. The van der Waals surface area contributed by atoms with Crippen LogP contribution in [-0.4, -0.2) is 96.7 Å². The second-order valence-electron chi connectivity index (χ2n) is 25.2. The first-order valence-electron chi connectivity index (χ1n) is 36.2. The zero-order valence-electron chi connectivity index (χ0n) is 56.9. The van der Waals surface area contributed by atoms with Gasteiger partial charge in [-0.05, 0) is 31.6 Å². The summed E-state index contributed by atoms with van der Waals surface area (Å²) in [7, 11) is -9.90. The molecule has 0 bridgehead atoms. The number of phosphoric ester groups is 2. The summed E-state index contributed by atoms with van der Waals surface area (Å²) in [5.74, 6) is -1.39. The van der Waals surface area contributed by atoms with E-state index >= 15 is 0 Å².